The van der Waals surface area contributed by atoms with E-state index in [-0.39, 0.29) is 5.91 Å². The third kappa shape index (κ3) is 2.60. The number of anilines is 1. The molecular formula is C18H17NO3. The predicted octanol–water partition coefficient (Wildman–Crippen LogP) is 3.20. The van der Waals surface area contributed by atoms with Crippen molar-refractivity contribution in [3.05, 3.63) is 59.7 Å². The van der Waals surface area contributed by atoms with Crippen molar-refractivity contribution in [3.8, 4) is 5.75 Å². The molecule has 0 aliphatic carbocycles. The van der Waals surface area contributed by atoms with Crippen LogP contribution >= 0.6 is 0 Å². The van der Waals surface area contributed by atoms with Crippen molar-refractivity contribution < 1.29 is 14.3 Å². The second kappa shape index (κ2) is 6.02. The summed E-state index contributed by atoms with van der Waals surface area (Å²) in [5, 5.41) is 0. The second-order valence-electron chi connectivity index (χ2n) is 5.27. The first-order valence-corrected chi connectivity index (χ1v) is 7.34. The molecule has 1 amide bonds. The highest BCUT2D eigenvalue weighted by Crippen LogP contribution is 2.36. The van der Waals surface area contributed by atoms with Gasteiger partial charge in [0.15, 0.2) is 6.10 Å². The van der Waals surface area contributed by atoms with Gasteiger partial charge in [0.1, 0.15) is 12.0 Å². The zero-order valence-corrected chi connectivity index (χ0v) is 12.4. The van der Waals surface area contributed by atoms with E-state index >= 15 is 0 Å². The van der Waals surface area contributed by atoms with E-state index in [9.17, 15) is 9.59 Å². The van der Waals surface area contributed by atoms with Crippen molar-refractivity contribution in [3.63, 3.8) is 0 Å². The molecule has 1 aliphatic rings. The fraction of sp³-hybridized carbons (Fsp3) is 0.222. The number of carbonyl (C=O) groups is 2. The van der Waals surface area contributed by atoms with Gasteiger partial charge in [-0.25, -0.2) is 0 Å². The van der Waals surface area contributed by atoms with Crippen LogP contribution in [0.5, 0.6) is 5.75 Å². The van der Waals surface area contributed by atoms with Crippen LogP contribution in [0.25, 0.3) is 0 Å². The maximum atomic E-state index is 12.6. The average molecular weight is 295 g/mol. The molecule has 0 spiro atoms. The van der Waals surface area contributed by atoms with Crippen molar-refractivity contribution in [2.75, 3.05) is 4.90 Å². The first-order valence-electron chi connectivity index (χ1n) is 7.34. The minimum absolute atomic E-state index is 0.0677. The number of fused-ring (bicyclic) bond motifs is 1. The van der Waals surface area contributed by atoms with Crippen LogP contribution in [0.15, 0.2) is 48.5 Å². The van der Waals surface area contributed by atoms with Crippen molar-refractivity contribution >= 4 is 17.9 Å². The van der Waals surface area contributed by atoms with Gasteiger partial charge in [0.05, 0.1) is 12.2 Å². The molecule has 0 saturated carbocycles. The van der Waals surface area contributed by atoms with E-state index in [1.807, 2.05) is 37.3 Å². The number of hydrogen-bond donors (Lipinski definition) is 0. The Hall–Kier alpha value is -2.62. The molecule has 0 aromatic heterocycles. The highest BCUT2D eigenvalue weighted by atomic mass is 16.5. The molecule has 2 aromatic rings. The Morgan fingerprint density at radius 3 is 2.64 bits per heavy atom. The molecule has 0 bridgehead atoms. The lowest BCUT2D eigenvalue weighted by Gasteiger charge is -2.34. The Morgan fingerprint density at radius 1 is 1.18 bits per heavy atom. The van der Waals surface area contributed by atoms with E-state index in [1.165, 1.54) is 0 Å². The summed E-state index contributed by atoms with van der Waals surface area (Å²) >= 11 is 0. The van der Waals surface area contributed by atoms with Gasteiger partial charge < -0.3 is 9.64 Å². The number of ether oxygens (including phenoxy) is 1. The summed E-state index contributed by atoms with van der Waals surface area (Å²) in [7, 11) is 0. The molecule has 1 unspecified atom stereocenters. The summed E-state index contributed by atoms with van der Waals surface area (Å²) in [6, 6.07) is 15.0. The van der Waals surface area contributed by atoms with Crippen LogP contribution in [-0.2, 0) is 11.3 Å². The lowest BCUT2D eigenvalue weighted by Crippen LogP contribution is -2.45. The van der Waals surface area contributed by atoms with Gasteiger partial charge >= 0.3 is 0 Å². The Kier molecular flexibility index (Phi) is 3.92. The van der Waals surface area contributed by atoms with Crippen LogP contribution in [0.2, 0.25) is 0 Å². The Balaban J connectivity index is 2.02. The molecule has 4 nitrogen and oxygen atoms in total. The monoisotopic (exact) mass is 295 g/mol. The molecule has 0 N–H and O–H groups in total. The molecule has 0 fully saturated rings. The van der Waals surface area contributed by atoms with Crippen molar-refractivity contribution in [1.29, 1.82) is 0 Å². The minimum Gasteiger partial charge on any atom is -0.478 e. The van der Waals surface area contributed by atoms with Gasteiger partial charge in [-0.1, -0.05) is 37.3 Å². The smallest absolute Gasteiger partial charge is 0.268 e. The van der Waals surface area contributed by atoms with E-state index in [2.05, 4.69) is 0 Å². The topological polar surface area (TPSA) is 46.6 Å². The molecule has 112 valence electrons. The molecule has 0 radical (unpaired) electrons. The summed E-state index contributed by atoms with van der Waals surface area (Å²) in [5.41, 5.74) is 2.22. The van der Waals surface area contributed by atoms with Gasteiger partial charge in [0.2, 0.25) is 0 Å². The number of nitrogens with zero attached hydrogens (tertiary/aromatic N) is 1. The normalized spacial score (nSPS) is 16.9. The number of amides is 1. The predicted molar refractivity (Wildman–Crippen MR) is 84.2 cm³/mol. The highest BCUT2D eigenvalue weighted by Gasteiger charge is 2.33. The van der Waals surface area contributed by atoms with Gasteiger partial charge in [0.25, 0.3) is 5.91 Å². The van der Waals surface area contributed by atoms with E-state index in [1.54, 1.807) is 23.1 Å². The summed E-state index contributed by atoms with van der Waals surface area (Å²) in [5.74, 6) is 0.579. The average Bonchev–Trinajstić information content (AvgIpc) is 2.57. The Labute approximate surface area is 129 Å². The second-order valence-corrected chi connectivity index (χ2v) is 5.27. The third-order valence-corrected chi connectivity index (χ3v) is 3.77. The molecular weight excluding hydrogens is 278 g/mol. The lowest BCUT2D eigenvalue weighted by atomic mass is 10.1. The Morgan fingerprint density at radius 2 is 1.95 bits per heavy atom. The van der Waals surface area contributed by atoms with Crippen LogP contribution in [0.4, 0.5) is 5.69 Å². The van der Waals surface area contributed by atoms with E-state index in [0.29, 0.717) is 30.0 Å². The Bertz CT molecular complexity index is 697. The molecule has 1 atom stereocenters. The van der Waals surface area contributed by atoms with Crippen LogP contribution in [0.3, 0.4) is 0 Å². The number of hydrogen-bond acceptors (Lipinski definition) is 3. The SMILES string of the molecule is CCC1Oc2ccc(C=O)cc2N(Cc2ccccc2)C1=O. The zero-order chi connectivity index (χ0) is 15.5. The first kappa shape index (κ1) is 14.3. The van der Waals surface area contributed by atoms with Crippen LogP contribution < -0.4 is 9.64 Å². The molecule has 2 aromatic carbocycles. The summed E-state index contributed by atoms with van der Waals surface area (Å²) in [6.07, 6.45) is 0.911. The molecule has 3 rings (SSSR count). The van der Waals surface area contributed by atoms with Crippen molar-refractivity contribution in [1.82, 2.24) is 0 Å². The minimum atomic E-state index is -0.474. The zero-order valence-electron chi connectivity index (χ0n) is 12.4. The van der Waals surface area contributed by atoms with Crippen molar-refractivity contribution in [2.45, 2.75) is 26.0 Å². The van der Waals surface area contributed by atoms with E-state index in [0.717, 1.165) is 11.8 Å². The van der Waals surface area contributed by atoms with Crippen LogP contribution in [0.1, 0.15) is 29.3 Å². The van der Waals surface area contributed by atoms with Gasteiger partial charge in [0, 0.05) is 5.56 Å². The van der Waals surface area contributed by atoms with Gasteiger partial charge in [-0.3, -0.25) is 9.59 Å². The lowest BCUT2D eigenvalue weighted by molar-refractivity contribution is -0.126. The largest absolute Gasteiger partial charge is 0.478 e. The standard InChI is InChI=1S/C18H17NO3/c1-2-16-18(21)19(11-13-6-4-3-5-7-13)15-10-14(12-20)8-9-17(15)22-16/h3-10,12,16H,2,11H2,1H3. The van der Waals surface area contributed by atoms with Gasteiger partial charge in [-0.15, -0.1) is 0 Å². The molecule has 1 aliphatic heterocycles. The maximum absolute atomic E-state index is 12.6. The summed E-state index contributed by atoms with van der Waals surface area (Å²) < 4.78 is 5.75. The van der Waals surface area contributed by atoms with Crippen LogP contribution in [0, 0.1) is 0 Å². The van der Waals surface area contributed by atoms with E-state index < -0.39 is 6.10 Å². The third-order valence-electron chi connectivity index (χ3n) is 3.77. The summed E-state index contributed by atoms with van der Waals surface area (Å²) in [4.78, 5) is 25.4. The fourth-order valence-corrected chi connectivity index (χ4v) is 2.60. The first-order chi connectivity index (χ1) is 10.7. The van der Waals surface area contributed by atoms with Gasteiger partial charge in [-0.2, -0.15) is 0 Å². The molecule has 1 heterocycles. The molecule has 22 heavy (non-hydrogen) atoms. The van der Waals surface area contributed by atoms with Crippen LogP contribution in [-0.4, -0.2) is 18.3 Å². The maximum Gasteiger partial charge on any atom is 0.268 e. The highest BCUT2D eigenvalue weighted by molar-refractivity contribution is 6.00. The van der Waals surface area contributed by atoms with E-state index in [4.69, 9.17) is 4.74 Å². The molecule has 4 heteroatoms. The quantitative estimate of drug-likeness (QED) is 0.814. The number of aldehydes is 1. The number of benzene rings is 2. The summed E-state index contributed by atoms with van der Waals surface area (Å²) in [6.45, 7) is 2.39. The fourth-order valence-electron chi connectivity index (χ4n) is 2.60. The number of carbonyl (C=O) groups excluding carboxylic acids is 2. The molecule has 0 saturated heterocycles. The van der Waals surface area contributed by atoms with Gasteiger partial charge in [-0.05, 0) is 30.2 Å². The number of rotatable bonds is 4. The van der Waals surface area contributed by atoms with Crippen molar-refractivity contribution in [2.24, 2.45) is 0 Å².